The van der Waals surface area contributed by atoms with Gasteiger partial charge in [-0.3, -0.25) is 14.9 Å². The lowest BCUT2D eigenvalue weighted by molar-refractivity contribution is -0.542. The summed E-state index contributed by atoms with van der Waals surface area (Å²) in [5, 5.41) is 10.9. The zero-order valence-corrected chi connectivity index (χ0v) is 8.88. The van der Waals surface area contributed by atoms with Gasteiger partial charge in [0.15, 0.2) is 6.10 Å². The number of ether oxygens (including phenoxy) is 1. The van der Waals surface area contributed by atoms with E-state index in [0.717, 1.165) is 0 Å². The van der Waals surface area contributed by atoms with Crippen LogP contribution in [0.5, 0.6) is 0 Å². The standard InChI is InChI=1S/C10H15NO4/c1-3-8-5-4-6-9(15-7(2)12)10(8)11(13)14/h4,6,8-10H,3,5H2,1-2H3/t8-,9-,10+/m0/s1. The molecule has 15 heavy (non-hydrogen) atoms. The molecule has 0 spiro atoms. The molecule has 1 aliphatic carbocycles. The summed E-state index contributed by atoms with van der Waals surface area (Å²) in [6.07, 6.45) is 4.15. The van der Waals surface area contributed by atoms with E-state index >= 15 is 0 Å². The molecule has 0 fully saturated rings. The minimum absolute atomic E-state index is 0.0469. The van der Waals surface area contributed by atoms with Crippen molar-refractivity contribution in [2.45, 2.75) is 38.8 Å². The highest BCUT2D eigenvalue weighted by Gasteiger charge is 2.40. The molecule has 0 amide bonds. The molecule has 0 bridgehead atoms. The van der Waals surface area contributed by atoms with Crippen LogP contribution >= 0.6 is 0 Å². The van der Waals surface area contributed by atoms with Crippen LogP contribution in [0.3, 0.4) is 0 Å². The predicted octanol–water partition coefficient (Wildman–Crippen LogP) is 1.55. The van der Waals surface area contributed by atoms with E-state index in [-0.39, 0.29) is 10.8 Å². The molecule has 0 aromatic heterocycles. The fraction of sp³-hybridized carbons (Fsp3) is 0.700. The highest BCUT2D eigenvalue weighted by molar-refractivity contribution is 5.66. The van der Waals surface area contributed by atoms with Crippen LogP contribution in [-0.2, 0) is 9.53 Å². The molecule has 0 aromatic rings. The molecule has 0 saturated carbocycles. The molecular weight excluding hydrogens is 198 g/mol. The highest BCUT2D eigenvalue weighted by atomic mass is 16.6. The van der Waals surface area contributed by atoms with E-state index in [1.54, 1.807) is 6.08 Å². The van der Waals surface area contributed by atoms with Gasteiger partial charge >= 0.3 is 5.97 Å². The monoisotopic (exact) mass is 213 g/mol. The van der Waals surface area contributed by atoms with Crippen molar-refractivity contribution in [3.63, 3.8) is 0 Å². The van der Waals surface area contributed by atoms with Crippen molar-refractivity contribution >= 4 is 5.97 Å². The van der Waals surface area contributed by atoms with E-state index in [0.29, 0.717) is 12.8 Å². The Balaban J connectivity index is 2.82. The van der Waals surface area contributed by atoms with Crippen LogP contribution < -0.4 is 0 Å². The van der Waals surface area contributed by atoms with Crippen molar-refractivity contribution < 1.29 is 14.5 Å². The molecule has 5 nitrogen and oxygen atoms in total. The van der Waals surface area contributed by atoms with Gasteiger partial charge in [-0.25, -0.2) is 0 Å². The largest absolute Gasteiger partial charge is 0.451 e. The number of nitrogens with zero attached hydrogens (tertiary/aromatic N) is 1. The second kappa shape index (κ2) is 4.91. The third-order valence-electron chi connectivity index (χ3n) is 2.65. The van der Waals surface area contributed by atoms with E-state index < -0.39 is 18.1 Å². The average molecular weight is 213 g/mol. The second-order valence-electron chi connectivity index (χ2n) is 3.68. The van der Waals surface area contributed by atoms with Gasteiger partial charge in [-0.1, -0.05) is 13.0 Å². The molecule has 0 unspecified atom stereocenters. The maximum absolute atomic E-state index is 10.9. The Labute approximate surface area is 88.3 Å². The van der Waals surface area contributed by atoms with Crippen molar-refractivity contribution in [2.75, 3.05) is 0 Å². The molecule has 5 heteroatoms. The van der Waals surface area contributed by atoms with Gasteiger partial charge in [0.25, 0.3) is 6.04 Å². The van der Waals surface area contributed by atoms with Crippen LogP contribution in [-0.4, -0.2) is 23.0 Å². The van der Waals surface area contributed by atoms with Crippen LogP contribution in [0.15, 0.2) is 12.2 Å². The summed E-state index contributed by atoms with van der Waals surface area (Å²) in [5.74, 6) is -0.525. The number of allylic oxidation sites excluding steroid dienone is 1. The minimum Gasteiger partial charge on any atom is -0.451 e. The van der Waals surface area contributed by atoms with Crippen molar-refractivity contribution in [3.8, 4) is 0 Å². The molecule has 0 heterocycles. The van der Waals surface area contributed by atoms with Gasteiger partial charge in [-0.05, 0) is 18.9 Å². The van der Waals surface area contributed by atoms with E-state index in [1.165, 1.54) is 6.92 Å². The maximum Gasteiger partial charge on any atom is 0.303 e. The zero-order valence-electron chi connectivity index (χ0n) is 8.88. The Hall–Kier alpha value is -1.39. The fourth-order valence-electron chi connectivity index (χ4n) is 1.91. The van der Waals surface area contributed by atoms with Crippen LogP contribution in [0.25, 0.3) is 0 Å². The van der Waals surface area contributed by atoms with Gasteiger partial charge in [-0.2, -0.15) is 0 Å². The third kappa shape index (κ3) is 2.78. The number of hydrogen-bond acceptors (Lipinski definition) is 4. The zero-order chi connectivity index (χ0) is 11.4. The summed E-state index contributed by atoms with van der Waals surface area (Å²) in [6.45, 7) is 3.17. The van der Waals surface area contributed by atoms with Gasteiger partial charge in [0, 0.05) is 17.8 Å². The van der Waals surface area contributed by atoms with Gasteiger partial charge in [-0.15, -0.1) is 0 Å². The van der Waals surface area contributed by atoms with E-state index in [4.69, 9.17) is 4.74 Å². The minimum atomic E-state index is -0.802. The molecule has 0 saturated heterocycles. The van der Waals surface area contributed by atoms with E-state index in [1.807, 2.05) is 13.0 Å². The fourth-order valence-corrected chi connectivity index (χ4v) is 1.91. The lowest BCUT2D eigenvalue weighted by Crippen LogP contribution is -2.43. The van der Waals surface area contributed by atoms with Crippen molar-refractivity contribution in [1.29, 1.82) is 0 Å². The van der Waals surface area contributed by atoms with Crippen molar-refractivity contribution in [3.05, 3.63) is 22.3 Å². The molecular formula is C10H15NO4. The number of nitro groups is 1. The summed E-state index contributed by atoms with van der Waals surface area (Å²) in [5.41, 5.74) is 0. The molecule has 0 aliphatic heterocycles. The number of carbonyl (C=O) groups excluding carboxylic acids is 1. The molecule has 0 aromatic carbocycles. The Morgan fingerprint density at radius 1 is 1.67 bits per heavy atom. The number of rotatable bonds is 3. The highest BCUT2D eigenvalue weighted by Crippen LogP contribution is 2.26. The normalized spacial score (nSPS) is 29.9. The summed E-state index contributed by atoms with van der Waals surface area (Å²) in [7, 11) is 0. The molecule has 3 atom stereocenters. The van der Waals surface area contributed by atoms with Gasteiger partial charge in [0.2, 0.25) is 0 Å². The van der Waals surface area contributed by atoms with Crippen molar-refractivity contribution in [2.24, 2.45) is 5.92 Å². The van der Waals surface area contributed by atoms with Gasteiger partial charge in [0.05, 0.1) is 0 Å². The maximum atomic E-state index is 10.9. The Bertz CT molecular complexity index is 287. The first kappa shape index (κ1) is 11.7. The topological polar surface area (TPSA) is 69.4 Å². The van der Waals surface area contributed by atoms with Crippen LogP contribution in [0.1, 0.15) is 26.7 Å². The second-order valence-corrected chi connectivity index (χ2v) is 3.68. The average Bonchev–Trinajstić information content (AvgIpc) is 2.15. The van der Waals surface area contributed by atoms with E-state index in [9.17, 15) is 14.9 Å². The molecule has 1 rings (SSSR count). The smallest absolute Gasteiger partial charge is 0.303 e. The molecule has 0 radical (unpaired) electrons. The van der Waals surface area contributed by atoms with Gasteiger partial charge < -0.3 is 4.74 Å². The Morgan fingerprint density at radius 2 is 2.33 bits per heavy atom. The summed E-state index contributed by atoms with van der Waals surface area (Å²) in [4.78, 5) is 21.4. The third-order valence-corrected chi connectivity index (χ3v) is 2.65. The number of hydrogen-bond donors (Lipinski definition) is 0. The lowest BCUT2D eigenvalue weighted by Gasteiger charge is -2.27. The number of carbonyl (C=O) groups is 1. The first-order valence-electron chi connectivity index (χ1n) is 5.03. The molecule has 0 N–H and O–H groups in total. The summed E-state index contributed by atoms with van der Waals surface area (Å²) in [6, 6.07) is -0.802. The Morgan fingerprint density at radius 3 is 2.80 bits per heavy atom. The lowest BCUT2D eigenvalue weighted by atomic mass is 9.85. The molecule has 84 valence electrons. The SMILES string of the molecule is CC[C@H]1CC=C[C@H](OC(C)=O)[C@@H]1[N+](=O)[O-]. The quantitative estimate of drug-likeness (QED) is 0.308. The summed E-state index contributed by atoms with van der Waals surface area (Å²) < 4.78 is 4.93. The van der Waals surface area contributed by atoms with E-state index in [2.05, 4.69) is 0 Å². The van der Waals surface area contributed by atoms with Gasteiger partial charge in [0.1, 0.15) is 0 Å². The van der Waals surface area contributed by atoms with Crippen LogP contribution in [0.4, 0.5) is 0 Å². The predicted molar refractivity (Wildman–Crippen MR) is 53.9 cm³/mol. The summed E-state index contributed by atoms with van der Waals surface area (Å²) >= 11 is 0. The van der Waals surface area contributed by atoms with Crippen molar-refractivity contribution in [1.82, 2.24) is 0 Å². The number of esters is 1. The first-order valence-corrected chi connectivity index (χ1v) is 5.03. The molecule has 1 aliphatic rings. The van der Waals surface area contributed by atoms with Crippen LogP contribution in [0, 0.1) is 16.0 Å². The Kier molecular flexibility index (Phi) is 3.82. The van der Waals surface area contributed by atoms with Crippen LogP contribution in [0.2, 0.25) is 0 Å². The first-order chi connectivity index (χ1) is 7.06.